The first-order chi connectivity index (χ1) is 7.36. The summed E-state index contributed by atoms with van der Waals surface area (Å²) >= 11 is 0. The van der Waals surface area contributed by atoms with Gasteiger partial charge in [-0.1, -0.05) is 0 Å². The molecule has 90 valence electrons. The van der Waals surface area contributed by atoms with Crippen molar-refractivity contribution in [3.8, 4) is 0 Å². The first-order valence-corrected chi connectivity index (χ1v) is 5.74. The summed E-state index contributed by atoms with van der Waals surface area (Å²) < 4.78 is 13.7. The van der Waals surface area contributed by atoms with Gasteiger partial charge in [0.05, 0.1) is 17.4 Å². The van der Waals surface area contributed by atoms with Crippen LogP contribution in [0.4, 0.5) is 0 Å². The molecule has 1 saturated heterocycles. The van der Waals surface area contributed by atoms with Crippen molar-refractivity contribution in [1.82, 2.24) is 9.78 Å². The molecule has 0 aliphatic carbocycles. The smallest absolute Gasteiger partial charge is 0.188 e. The minimum atomic E-state index is -0.301. The Hall–Kier alpha value is -0.870. The Labute approximate surface area is 96.5 Å². The van der Waals surface area contributed by atoms with Crippen molar-refractivity contribution in [2.45, 2.75) is 58.7 Å². The fraction of sp³-hybridized carbons (Fsp3) is 0.750. The van der Waals surface area contributed by atoms with E-state index in [9.17, 15) is 0 Å². The minimum Gasteiger partial charge on any atom is -0.339 e. The van der Waals surface area contributed by atoms with E-state index in [4.69, 9.17) is 9.47 Å². The summed E-state index contributed by atoms with van der Waals surface area (Å²) in [5.41, 5.74) is 0.415. The van der Waals surface area contributed by atoms with E-state index in [1.54, 1.807) is 0 Å². The molecule has 0 aromatic carbocycles. The number of aryl methyl sites for hydroxylation is 1. The molecule has 2 rings (SSSR count). The molecule has 1 aromatic heterocycles. The molecule has 1 aliphatic rings. The van der Waals surface area contributed by atoms with Gasteiger partial charge >= 0.3 is 0 Å². The van der Waals surface area contributed by atoms with Gasteiger partial charge in [-0.2, -0.15) is 5.10 Å². The molecule has 0 spiro atoms. The monoisotopic (exact) mass is 224 g/mol. The lowest BCUT2D eigenvalue weighted by atomic mass is 9.90. The maximum atomic E-state index is 5.93. The normalized spacial score (nSPS) is 23.8. The zero-order chi connectivity index (χ0) is 12.0. The molecule has 16 heavy (non-hydrogen) atoms. The zero-order valence-electron chi connectivity index (χ0n) is 10.7. The van der Waals surface area contributed by atoms with Gasteiger partial charge < -0.3 is 9.47 Å². The van der Waals surface area contributed by atoms with Gasteiger partial charge in [-0.05, 0) is 34.6 Å². The zero-order valence-corrected chi connectivity index (χ0v) is 10.7. The molecule has 0 saturated carbocycles. The standard InChI is InChI=1S/C12H20N2O2/c1-6-14-8-9(7-13-14)10-15-11(2,3)12(4,5)16-10/h7-8,10H,6H2,1-5H3. The molecule has 0 amide bonds. The van der Waals surface area contributed by atoms with Crippen LogP contribution < -0.4 is 0 Å². The third-order valence-electron chi connectivity index (χ3n) is 3.50. The van der Waals surface area contributed by atoms with Crippen molar-refractivity contribution < 1.29 is 9.47 Å². The Kier molecular flexibility index (Phi) is 2.59. The lowest BCUT2D eigenvalue weighted by molar-refractivity contribution is -0.0896. The molecular weight excluding hydrogens is 204 g/mol. The number of ether oxygens (including phenoxy) is 2. The van der Waals surface area contributed by atoms with Crippen LogP contribution in [0.25, 0.3) is 0 Å². The minimum absolute atomic E-state index is 0.286. The van der Waals surface area contributed by atoms with Crippen LogP contribution in [0.2, 0.25) is 0 Å². The van der Waals surface area contributed by atoms with Crippen molar-refractivity contribution in [1.29, 1.82) is 0 Å². The van der Waals surface area contributed by atoms with Gasteiger partial charge in [-0.15, -0.1) is 0 Å². The van der Waals surface area contributed by atoms with Gasteiger partial charge in [-0.3, -0.25) is 4.68 Å². The van der Waals surface area contributed by atoms with Crippen LogP contribution in [-0.2, 0) is 16.0 Å². The Morgan fingerprint density at radius 1 is 1.25 bits per heavy atom. The lowest BCUT2D eigenvalue weighted by Gasteiger charge is -2.30. The molecule has 0 unspecified atom stereocenters. The first-order valence-electron chi connectivity index (χ1n) is 5.74. The predicted octanol–water partition coefficient (Wildman–Crippen LogP) is 2.51. The summed E-state index contributed by atoms with van der Waals surface area (Å²) in [6.07, 6.45) is 3.48. The number of rotatable bonds is 2. The van der Waals surface area contributed by atoms with Crippen molar-refractivity contribution in [2.24, 2.45) is 0 Å². The third kappa shape index (κ3) is 1.76. The average molecular weight is 224 g/mol. The Bertz CT molecular complexity index is 366. The van der Waals surface area contributed by atoms with E-state index in [1.165, 1.54) is 0 Å². The molecular formula is C12H20N2O2. The van der Waals surface area contributed by atoms with Gasteiger partial charge in [0.2, 0.25) is 0 Å². The molecule has 1 aliphatic heterocycles. The van der Waals surface area contributed by atoms with Crippen LogP contribution in [0.3, 0.4) is 0 Å². The molecule has 0 N–H and O–H groups in total. The van der Waals surface area contributed by atoms with Crippen LogP contribution in [0.1, 0.15) is 46.5 Å². The van der Waals surface area contributed by atoms with Crippen LogP contribution in [0, 0.1) is 0 Å². The van der Waals surface area contributed by atoms with E-state index < -0.39 is 0 Å². The lowest BCUT2D eigenvalue weighted by Crippen LogP contribution is -2.41. The fourth-order valence-electron chi connectivity index (χ4n) is 1.65. The van der Waals surface area contributed by atoms with E-state index in [2.05, 4.69) is 39.7 Å². The predicted molar refractivity (Wildman–Crippen MR) is 61.0 cm³/mol. The molecule has 4 heteroatoms. The summed E-state index contributed by atoms with van der Waals surface area (Å²) in [4.78, 5) is 0. The average Bonchev–Trinajstić information content (AvgIpc) is 2.70. The van der Waals surface area contributed by atoms with Crippen molar-refractivity contribution in [2.75, 3.05) is 0 Å². The van der Waals surface area contributed by atoms with E-state index >= 15 is 0 Å². The van der Waals surface area contributed by atoms with Crippen molar-refractivity contribution >= 4 is 0 Å². The van der Waals surface area contributed by atoms with Crippen LogP contribution >= 0.6 is 0 Å². The molecule has 0 atom stereocenters. The second kappa shape index (κ2) is 3.57. The molecule has 1 aromatic rings. The number of hydrogen-bond donors (Lipinski definition) is 0. The van der Waals surface area contributed by atoms with Gasteiger partial charge in [0.25, 0.3) is 0 Å². The molecule has 0 bridgehead atoms. The largest absolute Gasteiger partial charge is 0.339 e. The fourth-order valence-corrected chi connectivity index (χ4v) is 1.65. The number of nitrogens with zero attached hydrogens (tertiary/aromatic N) is 2. The molecule has 4 nitrogen and oxygen atoms in total. The van der Waals surface area contributed by atoms with E-state index in [1.807, 2.05) is 17.1 Å². The molecule has 1 fully saturated rings. The van der Waals surface area contributed by atoms with Crippen LogP contribution in [-0.4, -0.2) is 21.0 Å². The highest BCUT2D eigenvalue weighted by Gasteiger charge is 2.49. The first kappa shape index (κ1) is 11.6. The Balaban J connectivity index is 2.20. The molecule has 2 heterocycles. The van der Waals surface area contributed by atoms with Crippen LogP contribution in [0.5, 0.6) is 0 Å². The summed E-state index contributed by atoms with van der Waals surface area (Å²) in [7, 11) is 0. The summed E-state index contributed by atoms with van der Waals surface area (Å²) in [6, 6.07) is 0. The van der Waals surface area contributed by atoms with Crippen molar-refractivity contribution in [3.63, 3.8) is 0 Å². The van der Waals surface area contributed by atoms with Gasteiger partial charge in [-0.25, -0.2) is 0 Å². The summed E-state index contributed by atoms with van der Waals surface area (Å²) in [6.45, 7) is 11.1. The van der Waals surface area contributed by atoms with Gasteiger partial charge in [0.15, 0.2) is 6.29 Å². The van der Waals surface area contributed by atoms with Gasteiger partial charge in [0.1, 0.15) is 0 Å². The van der Waals surface area contributed by atoms with E-state index in [-0.39, 0.29) is 17.5 Å². The van der Waals surface area contributed by atoms with Crippen LogP contribution in [0.15, 0.2) is 12.4 Å². The quantitative estimate of drug-likeness (QED) is 0.774. The second-order valence-electron chi connectivity index (χ2n) is 5.22. The highest BCUT2D eigenvalue weighted by Crippen LogP contribution is 2.44. The summed E-state index contributed by atoms with van der Waals surface area (Å²) in [5.74, 6) is 0. The Morgan fingerprint density at radius 3 is 2.25 bits per heavy atom. The summed E-state index contributed by atoms with van der Waals surface area (Å²) in [5, 5.41) is 4.23. The topological polar surface area (TPSA) is 36.3 Å². The van der Waals surface area contributed by atoms with Crippen molar-refractivity contribution in [3.05, 3.63) is 18.0 Å². The maximum Gasteiger partial charge on any atom is 0.188 e. The maximum absolute atomic E-state index is 5.93. The SMILES string of the molecule is CCn1cc(C2OC(C)(C)C(C)(C)O2)cn1. The highest BCUT2D eigenvalue weighted by atomic mass is 16.7. The van der Waals surface area contributed by atoms with Gasteiger partial charge in [0, 0.05) is 18.3 Å². The second-order valence-corrected chi connectivity index (χ2v) is 5.22. The van der Waals surface area contributed by atoms with E-state index in [0.717, 1.165) is 12.1 Å². The van der Waals surface area contributed by atoms with E-state index in [0.29, 0.717) is 0 Å². The molecule has 0 radical (unpaired) electrons. The third-order valence-corrected chi connectivity index (χ3v) is 3.50. The number of hydrogen-bond acceptors (Lipinski definition) is 3. The highest BCUT2D eigenvalue weighted by molar-refractivity contribution is 5.10. The Morgan fingerprint density at radius 2 is 1.81 bits per heavy atom. The number of aromatic nitrogens is 2.